The van der Waals surface area contributed by atoms with Crippen molar-refractivity contribution in [2.24, 2.45) is 4.99 Å². The molecule has 1 atom stereocenters. The lowest BCUT2D eigenvalue weighted by molar-refractivity contribution is 0.229. The van der Waals surface area contributed by atoms with Crippen molar-refractivity contribution < 1.29 is 17.9 Å². The van der Waals surface area contributed by atoms with E-state index in [2.05, 4.69) is 10.1 Å². The molecule has 0 N–H and O–H groups in total. The van der Waals surface area contributed by atoms with Crippen LogP contribution in [0.1, 0.15) is 11.1 Å². The first kappa shape index (κ1) is 20.0. The van der Waals surface area contributed by atoms with Crippen LogP contribution in [-0.4, -0.2) is 27.3 Å². The molecule has 1 unspecified atom stereocenters. The second kappa shape index (κ2) is 7.96. The van der Waals surface area contributed by atoms with Gasteiger partial charge in [-0.1, -0.05) is 30.3 Å². The molecule has 1 aromatic heterocycles. The summed E-state index contributed by atoms with van der Waals surface area (Å²) in [7, 11) is 0. The van der Waals surface area contributed by atoms with Crippen LogP contribution < -0.4 is 0 Å². The van der Waals surface area contributed by atoms with E-state index in [9.17, 15) is 13.2 Å². The first-order valence-electron chi connectivity index (χ1n) is 9.89. The van der Waals surface area contributed by atoms with E-state index in [0.717, 1.165) is 6.07 Å². The van der Waals surface area contributed by atoms with Crippen molar-refractivity contribution in [3.63, 3.8) is 0 Å². The summed E-state index contributed by atoms with van der Waals surface area (Å²) < 4.78 is 49.5. The molecule has 0 fully saturated rings. The summed E-state index contributed by atoms with van der Waals surface area (Å²) >= 11 is 0. The van der Waals surface area contributed by atoms with Gasteiger partial charge in [0.25, 0.3) is 0 Å². The highest BCUT2D eigenvalue weighted by atomic mass is 19.1. The number of aliphatic imine (C=N–C) groups is 1. The van der Waals surface area contributed by atoms with Crippen LogP contribution in [0.3, 0.4) is 0 Å². The number of nitrogens with zero attached hydrogens (tertiary/aromatic N) is 4. The Morgan fingerprint density at radius 3 is 2.31 bits per heavy atom. The van der Waals surface area contributed by atoms with Gasteiger partial charge in [0.2, 0.25) is 5.90 Å². The van der Waals surface area contributed by atoms with Crippen molar-refractivity contribution in [3.8, 4) is 11.1 Å². The standard InChI is InChI=1S/C24H17F3N4O/c25-19-9-18(10-20(26)11-19)24(12-31-15-28-14-29-31)13-32-23(30-24)17-7-5-16(6-8-17)21-3-1-2-4-22(21)27/h1-11,14-15H,12-13H2. The quantitative estimate of drug-likeness (QED) is 0.456. The number of aromatic nitrogens is 3. The summed E-state index contributed by atoms with van der Waals surface area (Å²) in [6, 6.07) is 16.9. The third-order valence-electron chi connectivity index (χ3n) is 5.37. The lowest BCUT2D eigenvalue weighted by Gasteiger charge is -2.24. The van der Waals surface area contributed by atoms with Gasteiger partial charge in [0.15, 0.2) is 0 Å². The average Bonchev–Trinajstić information content (AvgIpc) is 3.45. The first-order valence-corrected chi connectivity index (χ1v) is 9.89. The lowest BCUT2D eigenvalue weighted by Crippen LogP contribution is -2.32. The number of ether oxygens (including phenoxy) is 1. The van der Waals surface area contributed by atoms with Gasteiger partial charge >= 0.3 is 0 Å². The molecular formula is C24H17F3N4O. The highest BCUT2D eigenvalue weighted by Gasteiger charge is 2.40. The second-order valence-corrected chi connectivity index (χ2v) is 7.55. The van der Waals surface area contributed by atoms with E-state index in [4.69, 9.17) is 9.73 Å². The SMILES string of the molecule is Fc1cc(F)cc(C2(Cn3cncn3)COC(c3ccc(-c4ccccc4F)cc3)=N2)c1. The van der Waals surface area contributed by atoms with Crippen molar-refractivity contribution in [3.05, 3.63) is 108 Å². The van der Waals surface area contributed by atoms with E-state index in [0.29, 0.717) is 28.2 Å². The molecule has 0 spiro atoms. The van der Waals surface area contributed by atoms with Gasteiger partial charge in [-0.15, -0.1) is 0 Å². The topological polar surface area (TPSA) is 52.3 Å². The van der Waals surface area contributed by atoms with E-state index in [1.807, 2.05) is 0 Å². The molecule has 32 heavy (non-hydrogen) atoms. The maximum absolute atomic E-state index is 14.1. The van der Waals surface area contributed by atoms with E-state index in [1.165, 1.54) is 30.9 Å². The number of hydrogen-bond donors (Lipinski definition) is 0. The number of halogens is 3. The van der Waals surface area contributed by atoms with Crippen LogP contribution in [0, 0.1) is 17.5 Å². The van der Waals surface area contributed by atoms with Crippen LogP contribution >= 0.6 is 0 Å². The van der Waals surface area contributed by atoms with Crippen molar-refractivity contribution in [2.45, 2.75) is 12.1 Å². The van der Waals surface area contributed by atoms with Crippen LogP contribution in [0.5, 0.6) is 0 Å². The van der Waals surface area contributed by atoms with Crippen molar-refractivity contribution in [1.82, 2.24) is 14.8 Å². The van der Waals surface area contributed by atoms with Gasteiger partial charge in [-0.2, -0.15) is 5.10 Å². The summed E-state index contributed by atoms with van der Waals surface area (Å²) in [6.07, 6.45) is 2.88. The molecule has 3 aromatic carbocycles. The van der Waals surface area contributed by atoms with Gasteiger partial charge in [0.05, 0.1) is 6.54 Å². The lowest BCUT2D eigenvalue weighted by atomic mass is 9.91. The third kappa shape index (κ3) is 3.75. The van der Waals surface area contributed by atoms with Crippen LogP contribution in [0.25, 0.3) is 11.1 Å². The van der Waals surface area contributed by atoms with Crippen LogP contribution in [0.4, 0.5) is 13.2 Å². The fourth-order valence-electron chi connectivity index (χ4n) is 3.81. The molecule has 8 heteroatoms. The highest BCUT2D eigenvalue weighted by molar-refractivity contribution is 5.96. The Morgan fingerprint density at radius 1 is 0.906 bits per heavy atom. The monoisotopic (exact) mass is 434 g/mol. The summed E-state index contributed by atoms with van der Waals surface area (Å²) in [5, 5.41) is 4.10. The van der Waals surface area contributed by atoms with Crippen molar-refractivity contribution >= 4 is 5.90 Å². The number of hydrogen-bond acceptors (Lipinski definition) is 4. The Kier molecular flexibility index (Phi) is 4.97. The smallest absolute Gasteiger partial charge is 0.217 e. The maximum Gasteiger partial charge on any atom is 0.217 e. The van der Waals surface area contributed by atoms with Gasteiger partial charge in [0, 0.05) is 17.2 Å². The van der Waals surface area contributed by atoms with Crippen molar-refractivity contribution in [1.29, 1.82) is 0 Å². The fraction of sp³-hybridized carbons (Fsp3) is 0.125. The highest BCUT2D eigenvalue weighted by Crippen LogP contribution is 2.35. The molecule has 4 aromatic rings. The molecule has 2 heterocycles. The van der Waals surface area contributed by atoms with E-state index < -0.39 is 17.2 Å². The average molecular weight is 434 g/mol. The summed E-state index contributed by atoms with van der Waals surface area (Å²) in [4.78, 5) is 8.67. The predicted molar refractivity (Wildman–Crippen MR) is 112 cm³/mol. The van der Waals surface area contributed by atoms with E-state index in [-0.39, 0.29) is 19.0 Å². The Balaban J connectivity index is 1.53. The largest absolute Gasteiger partial charge is 0.474 e. The molecule has 5 rings (SSSR count). The Labute approximate surface area is 181 Å². The minimum absolute atomic E-state index is 0.0696. The molecule has 0 aliphatic carbocycles. The fourth-order valence-corrected chi connectivity index (χ4v) is 3.81. The van der Waals surface area contributed by atoms with Gasteiger partial charge in [-0.25, -0.2) is 23.1 Å². The Hall–Kier alpha value is -3.94. The minimum Gasteiger partial charge on any atom is -0.474 e. The van der Waals surface area contributed by atoms with Gasteiger partial charge < -0.3 is 4.74 Å². The normalized spacial score (nSPS) is 17.8. The van der Waals surface area contributed by atoms with E-state index >= 15 is 0 Å². The summed E-state index contributed by atoms with van der Waals surface area (Å²) in [5.41, 5.74) is 1.12. The molecular weight excluding hydrogens is 417 g/mol. The summed E-state index contributed by atoms with van der Waals surface area (Å²) in [5.74, 6) is -1.38. The third-order valence-corrected chi connectivity index (χ3v) is 5.37. The van der Waals surface area contributed by atoms with Crippen LogP contribution in [0.2, 0.25) is 0 Å². The molecule has 0 radical (unpaired) electrons. The number of rotatable bonds is 5. The minimum atomic E-state index is -1.09. The van der Waals surface area contributed by atoms with Gasteiger partial charge in [0.1, 0.15) is 42.3 Å². The molecule has 0 saturated heterocycles. The van der Waals surface area contributed by atoms with E-state index in [1.54, 1.807) is 47.1 Å². The Morgan fingerprint density at radius 2 is 1.62 bits per heavy atom. The summed E-state index contributed by atoms with van der Waals surface area (Å²) in [6.45, 7) is 0.257. The van der Waals surface area contributed by atoms with Gasteiger partial charge in [-0.3, -0.25) is 4.68 Å². The number of benzene rings is 3. The van der Waals surface area contributed by atoms with Crippen molar-refractivity contribution in [2.75, 3.05) is 6.61 Å². The maximum atomic E-state index is 14.1. The molecule has 160 valence electrons. The zero-order valence-electron chi connectivity index (χ0n) is 16.8. The molecule has 5 nitrogen and oxygen atoms in total. The zero-order chi connectivity index (χ0) is 22.1. The van der Waals surface area contributed by atoms with Gasteiger partial charge in [-0.05, 0) is 41.5 Å². The molecule has 1 aliphatic heterocycles. The van der Waals surface area contributed by atoms with Crippen LogP contribution in [0.15, 0.2) is 84.4 Å². The molecule has 0 amide bonds. The first-order chi connectivity index (χ1) is 15.5. The second-order valence-electron chi connectivity index (χ2n) is 7.55. The molecule has 0 saturated carbocycles. The van der Waals surface area contributed by atoms with Crippen LogP contribution in [-0.2, 0) is 16.8 Å². The Bertz CT molecular complexity index is 1270. The predicted octanol–water partition coefficient (Wildman–Crippen LogP) is 4.73. The molecule has 0 bridgehead atoms. The zero-order valence-corrected chi connectivity index (χ0v) is 16.8. The molecule has 1 aliphatic rings.